The Morgan fingerprint density at radius 3 is 2.56 bits per heavy atom. The average Bonchev–Trinajstić information content (AvgIpc) is 2.56. The predicted molar refractivity (Wildman–Crippen MR) is 105 cm³/mol. The summed E-state index contributed by atoms with van der Waals surface area (Å²) in [4.78, 5) is 0.110. The fourth-order valence-corrected chi connectivity index (χ4v) is 4.36. The lowest BCUT2D eigenvalue weighted by molar-refractivity contribution is 0.309. The summed E-state index contributed by atoms with van der Waals surface area (Å²) in [5.41, 5.74) is 0.613. The molecule has 0 spiro atoms. The number of anilines is 1. The van der Waals surface area contributed by atoms with Crippen LogP contribution in [-0.2, 0) is 10.0 Å². The minimum Gasteiger partial charge on any atom is -0.495 e. The summed E-state index contributed by atoms with van der Waals surface area (Å²) in [6.07, 6.45) is 4.78. The summed E-state index contributed by atoms with van der Waals surface area (Å²) in [6, 6.07) is 5.29. The molecule has 0 saturated heterocycles. The third-order valence-corrected chi connectivity index (χ3v) is 6.66. The van der Waals surface area contributed by atoms with Gasteiger partial charge in [0.15, 0.2) is 5.11 Å². The Balaban J connectivity index is 2.16. The molecule has 0 radical (unpaired) electrons. The van der Waals surface area contributed by atoms with Crippen LogP contribution in [0.5, 0.6) is 5.75 Å². The zero-order valence-corrected chi connectivity index (χ0v) is 16.8. The molecular formula is C17H27N3O3S2. The number of nitrogens with zero attached hydrogens (tertiary/aromatic N) is 1. The number of methoxy groups -OCH3 is 1. The maximum atomic E-state index is 12.5. The van der Waals surface area contributed by atoms with E-state index >= 15 is 0 Å². The second-order valence-corrected chi connectivity index (χ2v) is 9.15. The topological polar surface area (TPSA) is 70.7 Å². The van der Waals surface area contributed by atoms with Gasteiger partial charge in [0.25, 0.3) is 0 Å². The van der Waals surface area contributed by atoms with Gasteiger partial charge in [-0.2, -0.15) is 0 Å². The number of hydrogen-bond acceptors (Lipinski definition) is 4. The summed E-state index contributed by atoms with van der Waals surface area (Å²) in [5.74, 6) is 0.882. The van der Waals surface area contributed by atoms with Gasteiger partial charge in [-0.1, -0.05) is 19.8 Å². The van der Waals surface area contributed by atoms with Gasteiger partial charge in [0.2, 0.25) is 10.0 Å². The molecule has 2 atom stereocenters. The number of sulfonamides is 1. The molecule has 1 saturated carbocycles. The fourth-order valence-electron chi connectivity index (χ4n) is 3.02. The number of ether oxygens (including phenoxy) is 1. The minimum absolute atomic E-state index is 0.110. The Kier molecular flexibility index (Phi) is 6.65. The van der Waals surface area contributed by atoms with Crippen molar-refractivity contribution in [3.8, 4) is 5.75 Å². The lowest BCUT2D eigenvalue weighted by atomic mass is 9.86. The third-order valence-electron chi connectivity index (χ3n) is 4.61. The summed E-state index contributed by atoms with van der Waals surface area (Å²) >= 11 is 5.41. The highest BCUT2D eigenvalue weighted by Gasteiger charge is 2.24. The largest absolute Gasteiger partial charge is 0.495 e. The molecule has 1 aliphatic rings. The van der Waals surface area contributed by atoms with E-state index in [0.29, 0.717) is 28.5 Å². The van der Waals surface area contributed by atoms with Crippen LogP contribution < -0.4 is 15.4 Å². The van der Waals surface area contributed by atoms with Crippen LogP contribution in [0.1, 0.15) is 32.6 Å². The van der Waals surface area contributed by atoms with Crippen LogP contribution in [-0.4, -0.2) is 45.1 Å². The van der Waals surface area contributed by atoms with Crippen molar-refractivity contribution in [3.63, 3.8) is 0 Å². The van der Waals surface area contributed by atoms with Gasteiger partial charge in [0.05, 0.1) is 7.11 Å². The van der Waals surface area contributed by atoms with E-state index in [1.807, 2.05) is 0 Å². The van der Waals surface area contributed by atoms with E-state index < -0.39 is 10.0 Å². The molecule has 1 fully saturated rings. The normalized spacial score (nSPS) is 21.0. The van der Waals surface area contributed by atoms with Crippen molar-refractivity contribution in [2.75, 3.05) is 26.5 Å². The highest BCUT2D eigenvalue weighted by atomic mass is 32.2. The Hall–Kier alpha value is -1.38. The van der Waals surface area contributed by atoms with Crippen LogP contribution in [0.15, 0.2) is 23.1 Å². The third kappa shape index (κ3) is 4.83. The number of nitrogens with one attached hydrogen (secondary N) is 2. The number of benzene rings is 1. The van der Waals surface area contributed by atoms with E-state index in [0.717, 1.165) is 10.7 Å². The van der Waals surface area contributed by atoms with Crippen LogP contribution in [0, 0.1) is 5.92 Å². The average molecular weight is 386 g/mol. The molecule has 2 N–H and O–H groups in total. The maximum Gasteiger partial charge on any atom is 0.246 e. The summed E-state index contributed by atoms with van der Waals surface area (Å²) < 4.78 is 31.3. The molecule has 0 bridgehead atoms. The van der Waals surface area contributed by atoms with Crippen molar-refractivity contribution in [1.82, 2.24) is 9.62 Å². The fraction of sp³-hybridized carbons (Fsp3) is 0.588. The van der Waals surface area contributed by atoms with E-state index in [1.165, 1.54) is 40.5 Å². The smallest absolute Gasteiger partial charge is 0.246 e. The van der Waals surface area contributed by atoms with Gasteiger partial charge in [0, 0.05) is 25.8 Å². The molecule has 2 rings (SSSR count). The monoisotopic (exact) mass is 385 g/mol. The van der Waals surface area contributed by atoms with Crippen molar-refractivity contribution in [2.45, 2.75) is 43.5 Å². The molecule has 25 heavy (non-hydrogen) atoms. The highest BCUT2D eigenvalue weighted by Crippen LogP contribution is 2.29. The summed E-state index contributed by atoms with van der Waals surface area (Å²) in [6.45, 7) is 2.23. The minimum atomic E-state index is -3.61. The van der Waals surface area contributed by atoms with Crippen molar-refractivity contribution in [2.24, 2.45) is 5.92 Å². The lowest BCUT2D eigenvalue weighted by Crippen LogP contribution is -2.43. The van der Waals surface area contributed by atoms with Crippen LogP contribution in [0.2, 0.25) is 0 Å². The van der Waals surface area contributed by atoms with E-state index in [4.69, 9.17) is 17.0 Å². The molecule has 0 aromatic heterocycles. The van der Waals surface area contributed by atoms with Crippen molar-refractivity contribution in [1.29, 1.82) is 0 Å². The second-order valence-electron chi connectivity index (χ2n) is 6.62. The molecular weight excluding hydrogens is 358 g/mol. The Morgan fingerprint density at radius 1 is 1.28 bits per heavy atom. The zero-order chi connectivity index (χ0) is 18.6. The van der Waals surface area contributed by atoms with Crippen LogP contribution >= 0.6 is 12.2 Å². The van der Waals surface area contributed by atoms with Crippen LogP contribution in [0.4, 0.5) is 5.69 Å². The van der Waals surface area contributed by atoms with Gasteiger partial charge >= 0.3 is 0 Å². The standard InChI is InChI=1S/C17H27N3O3S2/c1-12-7-5-6-8-14(12)19-17(24)18-13-9-10-15(23-4)16(11-13)25(21,22)20(2)3/h9-12,14H,5-8H2,1-4H3,(H2,18,19,24)/t12-,14+/m0/s1. The van der Waals surface area contributed by atoms with Gasteiger partial charge in [-0.3, -0.25) is 0 Å². The number of rotatable bonds is 5. The van der Waals surface area contributed by atoms with Gasteiger partial charge in [-0.05, 0) is 49.2 Å². The number of thiocarbonyl (C=S) groups is 1. The molecule has 0 amide bonds. The van der Waals surface area contributed by atoms with E-state index in [9.17, 15) is 8.42 Å². The zero-order valence-electron chi connectivity index (χ0n) is 15.2. The summed E-state index contributed by atoms with van der Waals surface area (Å²) in [5, 5.41) is 6.96. The first-order chi connectivity index (χ1) is 11.8. The van der Waals surface area contributed by atoms with Gasteiger partial charge in [-0.25, -0.2) is 12.7 Å². The van der Waals surface area contributed by atoms with Crippen LogP contribution in [0.3, 0.4) is 0 Å². The first-order valence-corrected chi connectivity index (χ1v) is 10.3. The molecule has 0 unspecified atom stereocenters. The molecule has 0 heterocycles. The molecule has 8 heteroatoms. The maximum absolute atomic E-state index is 12.5. The van der Waals surface area contributed by atoms with Crippen LogP contribution in [0.25, 0.3) is 0 Å². The van der Waals surface area contributed by atoms with Crippen molar-refractivity contribution in [3.05, 3.63) is 18.2 Å². The summed E-state index contributed by atoms with van der Waals surface area (Å²) in [7, 11) is 0.826. The first kappa shape index (κ1) is 19.9. The number of hydrogen-bond donors (Lipinski definition) is 2. The molecule has 1 aromatic rings. The Morgan fingerprint density at radius 2 is 1.96 bits per heavy atom. The first-order valence-electron chi connectivity index (χ1n) is 8.43. The van der Waals surface area contributed by atoms with E-state index in [-0.39, 0.29) is 4.90 Å². The van der Waals surface area contributed by atoms with Gasteiger partial charge < -0.3 is 15.4 Å². The lowest BCUT2D eigenvalue weighted by Gasteiger charge is -2.30. The second kappa shape index (κ2) is 8.33. The SMILES string of the molecule is COc1ccc(NC(=S)N[C@@H]2CCCC[C@@H]2C)cc1S(=O)(=O)N(C)C. The Labute approximate surface area is 156 Å². The molecule has 1 aromatic carbocycles. The highest BCUT2D eigenvalue weighted by molar-refractivity contribution is 7.89. The quantitative estimate of drug-likeness (QED) is 0.760. The van der Waals surface area contributed by atoms with Crippen molar-refractivity contribution < 1.29 is 13.2 Å². The molecule has 1 aliphatic carbocycles. The molecule has 0 aliphatic heterocycles. The van der Waals surface area contributed by atoms with E-state index in [2.05, 4.69) is 17.6 Å². The van der Waals surface area contributed by atoms with Gasteiger partial charge in [0.1, 0.15) is 10.6 Å². The predicted octanol–water partition coefficient (Wildman–Crippen LogP) is 2.81. The Bertz CT molecular complexity index is 720. The van der Waals surface area contributed by atoms with Gasteiger partial charge in [-0.15, -0.1) is 0 Å². The van der Waals surface area contributed by atoms with E-state index in [1.54, 1.807) is 18.2 Å². The molecule has 6 nitrogen and oxygen atoms in total. The van der Waals surface area contributed by atoms with Crippen molar-refractivity contribution >= 4 is 33.0 Å². The molecule has 140 valence electrons.